The molecule has 158 valence electrons. The number of hydrogen-bond acceptors (Lipinski definition) is 5. The lowest BCUT2D eigenvalue weighted by molar-refractivity contribution is 0.469. The van der Waals surface area contributed by atoms with E-state index < -0.39 is 10.0 Å². The summed E-state index contributed by atoms with van der Waals surface area (Å²) in [4.78, 5) is 6.05. The van der Waals surface area contributed by atoms with E-state index in [0.29, 0.717) is 21.4 Å². The average molecular weight is 459 g/mol. The number of phenols is 1. The van der Waals surface area contributed by atoms with Crippen molar-refractivity contribution in [1.29, 1.82) is 0 Å². The Kier molecular flexibility index (Phi) is 5.20. The van der Waals surface area contributed by atoms with Gasteiger partial charge in [-0.05, 0) is 30.3 Å². The highest BCUT2D eigenvalue weighted by molar-refractivity contribution is 7.99. The van der Waals surface area contributed by atoms with E-state index >= 15 is 0 Å². The van der Waals surface area contributed by atoms with Gasteiger partial charge in [0.05, 0.1) is 21.0 Å². The zero-order valence-electron chi connectivity index (χ0n) is 16.8. The fourth-order valence-electron chi connectivity index (χ4n) is 3.58. The van der Waals surface area contributed by atoms with Gasteiger partial charge in [0, 0.05) is 27.3 Å². The van der Waals surface area contributed by atoms with Crippen molar-refractivity contribution in [2.75, 3.05) is 4.72 Å². The summed E-state index contributed by atoms with van der Waals surface area (Å²) in [6.07, 6.45) is 1.73. The molecule has 7 heteroatoms. The topological polar surface area (TPSA) is 79.3 Å². The molecule has 5 rings (SSSR count). The Bertz CT molecular complexity index is 1550. The number of fused-ring (bicyclic) bond motifs is 2. The minimum Gasteiger partial charge on any atom is -0.506 e. The van der Waals surface area contributed by atoms with E-state index in [4.69, 9.17) is 0 Å². The van der Waals surface area contributed by atoms with Crippen LogP contribution in [0.4, 0.5) is 5.69 Å². The van der Waals surface area contributed by atoms with E-state index in [0.717, 1.165) is 15.8 Å². The van der Waals surface area contributed by atoms with E-state index in [9.17, 15) is 13.5 Å². The van der Waals surface area contributed by atoms with Gasteiger partial charge in [-0.3, -0.25) is 9.71 Å². The molecule has 0 saturated heterocycles. The Balaban J connectivity index is 1.64. The van der Waals surface area contributed by atoms with Gasteiger partial charge in [0.15, 0.2) is 0 Å². The Labute approximate surface area is 189 Å². The molecular weight excluding hydrogens is 440 g/mol. The Morgan fingerprint density at radius 3 is 2.31 bits per heavy atom. The summed E-state index contributed by atoms with van der Waals surface area (Å²) in [5.74, 6) is 0.0983. The molecule has 0 bridgehead atoms. The van der Waals surface area contributed by atoms with Crippen LogP contribution >= 0.6 is 11.8 Å². The summed E-state index contributed by atoms with van der Waals surface area (Å²) >= 11 is 1.35. The van der Waals surface area contributed by atoms with Crippen LogP contribution in [0.2, 0.25) is 0 Å². The van der Waals surface area contributed by atoms with E-state index in [-0.39, 0.29) is 10.6 Å². The van der Waals surface area contributed by atoms with E-state index in [1.165, 1.54) is 11.8 Å². The standard InChI is InChI=1S/C25H18N2O3S2/c28-25-20-13-5-4-12-19(20)21(27-32(29,30)18-10-2-1-3-11-18)16-23(25)31-22-14-6-8-17-9-7-15-26-24(17)22/h1-16,27-28H. The van der Waals surface area contributed by atoms with Crippen LogP contribution < -0.4 is 4.72 Å². The van der Waals surface area contributed by atoms with Crippen molar-refractivity contribution in [3.8, 4) is 5.75 Å². The molecule has 0 unspecified atom stereocenters. The van der Waals surface area contributed by atoms with Crippen LogP contribution in [-0.2, 0) is 10.0 Å². The first-order chi connectivity index (χ1) is 15.5. The molecule has 2 N–H and O–H groups in total. The van der Waals surface area contributed by atoms with Gasteiger partial charge in [-0.1, -0.05) is 72.4 Å². The number of hydrogen-bond donors (Lipinski definition) is 2. The summed E-state index contributed by atoms with van der Waals surface area (Å²) in [6, 6.07) is 26.8. The van der Waals surface area contributed by atoms with Crippen molar-refractivity contribution in [2.24, 2.45) is 0 Å². The Morgan fingerprint density at radius 1 is 0.781 bits per heavy atom. The summed E-state index contributed by atoms with van der Waals surface area (Å²) in [6.45, 7) is 0. The predicted octanol–water partition coefficient (Wildman–Crippen LogP) is 6.05. The normalized spacial score (nSPS) is 11.6. The van der Waals surface area contributed by atoms with E-state index in [1.54, 1.807) is 54.7 Å². The van der Waals surface area contributed by atoms with Gasteiger partial charge in [0.2, 0.25) is 0 Å². The van der Waals surface area contributed by atoms with E-state index in [2.05, 4.69) is 9.71 Å². The molecule has 0 aliphatic heterocycles. The predicted molar refractivity (Wildman–Crippen MR) is 129 cm³/mol. The maximum absolute atomic E-state index is 13.0. The van der Waals surface area contributed by atoms with Gasteiger partial charge < -0.3 is 5.11 Å². The maximum Gasteiger partial charge on any atom is 0.261 e. The second-order valence-electron chi connectivity index (χ2n) is 7.17. The maximum atomic E-state index is 13.0. The second kappa shape index (κ2) is 8.18. The molecular formula is C25H18N2O3S2. The molecule has 0 saturated carbocycles. The van der Waals surface area contributed by atoms with Crippen molar-refractivity contribution < 1.29 is 13.5 Å². The van der Waals surface area contributed by atoms with Gasteiger partial charge in [0.1, 0.15) is 5.75 Å². The van der Waals surface area contributed by atoms with E-state index in [1.807, 2.05) is 42.5 Å². The highest BCUT2D eigenvalue weighted by Gasteiger charge is 2.19. The Morgan fingerprint density at radius 2 is 1.50 bits per heavy atom. The quantitative estimate of drug-likeness (QED) is 0.314. The molecule has 1 heterocycles. The van der Waals surface area contributed by atoms with Gasteiger partial charge in [-0.25, -0.2) is 8.42 Å². The summed E-state index contributed by atoms with van der Waals surface area (Å²) < 4.78 is 28.7. The molecule has 32 heavy (non-hydrogen) atoms. The van der Waals surface area contributed by atoms with Crippen LogP contribution in [0.5, 0.6) is 5.75 Å². The molecule has 0 atom stereocenters. The molecule has 1 aromatic heterocycles. The van der Waals surface area contributed by atoms with Gasteiger partial charge >= 0.3 is 0 Å². The van der Waals surface area contributed by atoms with Crippen LogP contribution in [0.3, 0.4) is 0 Å². The molecule has 0 spiro atoms. The number of nitrogens with zero attached hydrogens (tertiary/aromatic N) is 1. The first-order valence-electron chi connectivity index (χ1n) is 9.87. The first kappa shape index (κ1) is 20.4. The Hall–Kier alpha value is -3.55. The van der Waals surface area contributed by atoms with Crippen LogP contribution in [-0.4, -0.2) is 18.5 Å². The highest BCUT2D eigenvalue weighted by Crippen LogP contribution is 2.44. The van der Waals surface area contributed by atoms with Crippen LogP contribution in [0.25, 0.3) is 21.7 Å². The van der Waals surface area contributed by atoms with Crippen molar-refractivity contribution >= 4 is 49.1 Å². The van der Waals surface area contributed by atoms with Crippen molar-refractivity contribution in [3.63, 3.8) is 0 Å². The fraction of sp³-hybridized carbons (Fsp3) is 0. The summed E-state index contributed by atoms with van der Waals surface area (Å²) in [5.41, 5.74) is 1.22. The third kappa shape index (κ3) is 3.77. The number of pyridine rings is 1. The fourth-order valence-corrected chi connectivity index (χ4v) is 5.70. The SMILES string of the molecule is O=S(=O)(Nc1cc(Sc2cccc3cccnc23)c(O)c2ccccc12)c1ccccc1. The monoisotopic (exact) mass is 458 g/mol. The number of para-hydroxylation sites is 1. The number of anilines is 1. The number of nitrogens with one attached hydrogen (secondary N) is 1. The first-order valence-corrected chi connectivity index (χ1v) is 12.2. The van der Waals surface area contributed by atoms with Crippen LogP contribution in [0.15, 0.2) is 112 Å². The second-order valence-corrected chi connectivity index (χ2v) is 9.93. The molecule has 5 aromatic rings. The van der Waals surface area contributed by atoms with Gasteiger partial charge in [-0.2, -0.15) is 0 Å². The smallest absolute Gasteiger partial charge is 0.261 e. The number of sulfonamides is 1. The summed E-state index contributed by atoms with van der Waals surface area (Å²) in [7, 11) is -3.80. The largest absolute Gasteiger partial charge is 0.506 e. The number of aromatic hydroxyl groups is 1. The lowest BCUT2D eigenvalue weighted by atomic mass is 10.1. The van der Waals surface area contributed by atoms with Gasteiger partial charge in [-0.15, -0.1) is 0 Å². The van der Waals surface area contributed by atoms with Crippen LogP contribution in [0.1, 0.15) is 0 Å². The number of aromatic nitrogens is 1. The molecule has 0 aliphatic rings. The van der Waals surface area contributed by atoms with Crippen molar-refractivity contribution in [1.82, 2.24) is 4.98 Å². The number of benzene rings is 4. The third-order valence-corrected chi connectivity index (χ3v) is 7.56. The average Bonchev–Trinajstić information content (AvgIpc) is 2.83. The highest BCUT2D eigenvalue weighted by atomic mass is 32.2. The lowest BCUT2D eigenvalue weighted by Gasteiger charge is -2.15. The number of rotatable bonds is 5. The number of phenolic OH excluding ortho intramolecular Hbond substituents is 1. The van der Waals surface area contributed by atoms with Gasteiger partial charge in [0.25, 0.3) is 10.0 Å². The molecule has 4 aromatic carbocycles. The van der Waals surface area contributed by atoms with Crippen LogP contribution in [0, 0.1) is 0 Å². The molecule has 0 fully saturated rings. The summed E-state index contributed by atoms with van der Waals surface area (Å²) in [5, 5.41) is 13.2. The zero-order chi connectivity index (χ0) is 22.1. The third-order valence-electron chi connectivity index (χ3n) is 5.09. The van der Waals surface area contributed by atoms with Crippen molar-refractivity contribution in [2.45, 2.75) is 14.7 Å². The molecule has 0 radical (unpaired) electrons. The van der Waals surface area contributed by atoms with Crippen molar-refractivity contribution in [3.05, 3.63) is 97.2 Å². The zero-order valence-corrected chi connectivity index (χ0v) is 18.4. The molecule has 0 amide bonds. The minimum atomic E-state index is -3.80. The molecule has 5 nitrogen and oxygen atoms in total. The minimum absolute atomic E-state index is 0.0983. The lowest BCUT2D eigenvalue weighted by Crippen LogP contribution is -2.13. The molecule has 0 aliphatic carbocycles.